The van der Waals surface area contributed by atoms with Crippen molar-refractivity contribution in [2.24, 2.45) is 35.5 Å². The second-order valence-corrected chi connectivity index (χ2v) is 20.5. The standard InChI is InChI=1S/C39H42F4O9S2/c40-30-32(42)39(53(44,45)46)33(43)31(41)37(30)52-54(47,48)38-25(23-13-28-17-5-2-8-20(17)35(23)50-28)10-15(22-12-27-16-4-1-7-19(16)34(22)49-27)11-26(38)24-14-29-18-6-3-9-21(18)36(24)51-29/h10-11,16-24,27-29,34-36H,1-9,12-14H2,(H,44,45,46)/p-1. The summed E-state index contributed by atoms with van der Waals surface area (Å²) in [6, 6.07) is 3.79. The summed E-state index contributed by atoms with van der Waals surface area (Å²) in [7, 11) is -11.3. The van der Waals surface area contributed by atoms with Crippen molar-refractivity contribution in [1.29, 1.82) is 0 Å². The normalized spacial score (nSPS) is 42.6. The van der Waals surface area contributed by atoms with E-state index in [1.54, 1.807) is 0 Å². The van der Waals surface area contributed by atoms with Crippen LogP contribution < -0.4 is 4.18 Å². The Labute approximate surface area is 311 Å². The van der Waals surface area contributed by atoms with Crippen LogP contribution >= 0.6 is 0 Å². The van der Waals surface area contributed by atoms with Gasteiger partial charge in [-0.1, -0.05) is 31.4 Å². The third-order valence-corrected chi connectivity index (χ3v) is 17.7. The number of hydrogen-bond acceptors (Lipinski definition) is 9. The van der Waals surface area contributed by atoms with Crippen LogP contribution in [0.15, 0.2) is 21.9 Å². The van der Waals surface area contributed by atoms with E-state index in [2.05, 4.69) is 0 Å². The minimum atomic E-state index is -6.03. The fraction of sp³-hybridized carbons (Fsp3) is 0.692. The molecule has 2 aromatic rings. The lowest BCUT2D eigenvalue weighted by atomic mass is 9.68. The molecule has 6 heterocycles. The van der Waals surface area contributed by atoms with Crippen LogP contribution in [-0.2, 0) is 34.4 Å². The number of rotatable bonds is 7. The van der Waals surface area contributed by atoms with E-state index in [0.29, 0.717) is 47.6 Å². The largest absolute Gasteiger partial charge is 0.744 e. The van der Waals surface area contributed by atoms with E-state index in [-0.39, 0.29) is 59.3 Å². The Morgan fingerprint density at radius 3 is 1.37 bits per heavy atom. The summed E-state index contributed by atoms with van der Waals surface area (Å²) in [5, 5.41) is 0. The van der Waals surface area contributed by atoms with Gasteiger partial charge in [-0.3, -0.25) is 0 Å². The maximum atomic E-state index is 15.5. The Bertz CT molecular complexity index is 2090. The Morgan fingerprint density at radius 1 is 0.556 bits per heavy atom. The molecule has 15 heteroatoms. The van der Waals surface area contributed by atoms with Crippen molar-refractivity contribution in [1.82, 2.24) is 0 Å². The lowest BCUT2D eigenvalue weighted by Crippen LogP contribution is -2.33. The smallest absolute Gasteiger partial charge is 0.339 e. The summed E-state index contributed by atoms with van der Waals surface area (Å²) in [6.45, 7) is 0. The zero-order valence-corrected chi connectivity index (χ0v) is 30.9. The van der Waals surface area contributed by atoms with Gasteiger partial charge in [0.2, 0.25) is 17.4 Å². The topological polar surface area (TPSA) is 128 Å². The van der Waals surface area contributed by atoms with Crippen LogP contribution in [0.4, 0.5) is 17.6 Å². The summed E-state index contributed by atoms with van der Waals surface area (Å²) in [5.74, 6) is -10.7. The molecule has 54 heavy (non-hydrogen) atoms. The molecule has 0 N–H and O–H groups in total. The molecule has 0 aromatic heterocycles. The predicted octanol–water partition coefficient (Wildman–Crippen LogP) is 6.93. The van der Waals surface area contributed by atoms with Crippen molar-refractivity contribution in [3.05, 3.63) is 52.1 Å². The van der Waals surface area contributed by atoms with Crippen LogP contribution in [0, 0.1) is 58.8 Å². The minimum absolute atomic E-state index is 0.00154. The second kappa shape index (κ2) is 11.9. The van der Waals surface area contributed by atoms with E-state index < -0.39 is 66.0 Å². The van der Waals surface area contributed by atoms with Crippen molar-refractivity contribution in [3.63, 3.8) is 0 Å². The van der Waals surface area contributed by atoms with Crippen LogP contribution in [0.5, 0.6) is 5.75 Å². The van der Waals surface area contributed by atoms with Crippen molar-refractivity contribution in [3.8, 4) is 5.75 Å². The lowest BCUT2D eigenvalue weighted by Gasteiger charge is -2.35. The van der Waals surface area contributed by atoms with Gasteiger partial charge in [0.05, 0.1) is 36.6 Å². The van der Waals surface area contributed by atoms with Gasteiger partial charge in [-0.05, 0) is 110 Å². The highest BCUT2D eigenvalue weighted by Crippen LogP contribution is 2.62. The third-order valence-electron chi connectivity index (χ3n) is 15.5. The van der Waals surface area contributed by atoms with Gasteiger partial charge < -0.3 is 22.9 Å². The fourth-order valence-electron chi connectivity index (χ4n) is 13.6. The Hall–Kier alpha value is -2.30. The van der Waals surface area contributed by atoms with Gasteiger partial charge in [0, 0.05) is 17.8 Å². The van der Waals surface area contributed by atoms with Gasteiger partial charge in [0.25, 0.3) is 0 Å². The van der Waals surface area contributed by atoms with E-state index >= 15 is 8.78 Å². The first kappa shape index (κ1) is 34.9. The number of hydrogen-bond donors (Lipinski definition) is 0. The van der Waals surface area contributed by atoms with Gasteiger partial charge in [0.1, 0.15) is 19.9 Å². The van der Waals surface area contributed by atoms with Crippen molar-refractivity contribution in [2.75, 3.05) is 0 Å². The van der Waals surface area contributed by atoms with Crippen molar-refractivity contribution >= 4 is 20.2 Å². The lowest BCUT2D eigenvalue weighted by molar-refractivity contribution is 0.0762. The number of benzene rings is 2. The highest BCUT2D eigenvalue weighted by atomic mass is 32.2. The molecule has 6 saturated heterocycles. The summed E-state index contributed by atoms with van der Waals surface area (Å²) >= 11 is 0. The van der Waals surface area contributed by atoms with E-state index in [4.69, 9.17) is 18.4 Å². The molecule has 3 saturated carbocycles. The van der Waals surface area contributed by atoms with Crippen molar-refractivity contribution in [2.45, 2.75) is 141 Å². The quantitative estimate of drug-likeness (QED) is 0.127. The summed E-state index contributed by atoms with van der Waals surface area (Å²) in [5.41, 5.74) is 1.74. The van der Waals surface area contributed by atoms with Crippen molar-refractivity contribution < 1.29 is 57.3 Å². The molecule has 6 bridgehead atoms. The van der Waals surface area contributed by atoms with E-state index in [1.807, 2.05) is 12.1 Å². The van der Waals surface area contributed by atoms with E-state index in [1.165, 1.54) is 0 Å². The molecule has 0 amide bonds. The third kappa shape index (κ3) is 4.80. The zero-order chi connectivity index (χ0) is 37.2. The Balaban J connectivity index is 1.10. The summed E-state index contributed by atoms with van der Waals surface area (Å²) in [6.07, 6.45) is 10.6. The molecule has 292 valence electrons. The molecular formula is C39H41F4O9S2-. The molecule has 6 aliphatic heterocycles. The van der Waals surface area contributed by atoms with Gasteiger partial charge in [-0.25, -0.2) is 17.2 Å². The van der Waals surface area contributed by atoms with Crippen LogP contribution in [0.25, 0.3) is 0 Å². The molecular weight excluding hydrogens is 753 g/mol. The predicted molar refractivity (Wildman–Crippen MR) is 179 cm³/mol. The van der Waals surface area contributed by atoms with Crippen LogP contribution in [0.1, 0.15) is 111 Å². The second-order valence-electron chi connectivity index (χ2n) is 17.7. The first-order chi connectivity index (χ1) is 25.8. The fourth-order valence-corrected chi connectivity index (χ4v) is 15.7. The summed E-state index contributed by atoms with van der Waals surface area (Å²) < 4.78 is 150. The first-order valence-corrected chi connectivity index (χ1v) is 22.5. The van der Waals surface area contributed by atoms with Gasteiger partial charge in [-0.15, -0.1) is 0 Å². The van der Waals surface area contributed by atoms with Crippen LogP contribution in [-0.4, -0.2) is 58.0 Å². The van der Waals surface area contributed by atoms with E-state index in [0.717, 1.165) is 69.8 Å². The number of halogens is 4. The van der Waals surface area contributed by atoms with Gasteiger partial charge >= 0.3 is 10.1 Å². The van der Waals surface area contributed by atoms with E-state index in [9.17, 15) is 30.2 Å². The Kier molecular flexibility index (Phi) is 7.68. The molecule has 2 aromatic carbocycles. The molecule has 0 spiro atoms. The average Bonchev–Trinajstić information content (AvgIpc) is 3.98. The molecule has 15 atom stereocenters. The highest BCUT2D eigenvalue weighted by Gasteiger charge is 2.60. The molecule has 0 radical (unpaired) electrons. The molecule has 9 fully saturated rings. The Morgan fingerprint density at radius 2 is 0.944 bits per heavy atom. The van der Waals surface area contributed by atoms with Gasteiger partial charge in [0.15, 0.2) is 11.6 Å². The molecule has 9 aliphatic rings. The highest BCUT2D eigenvalue weighted by molar-refractivity contribution is 7.87. The average molecular weight is 794 g/mol. The maximum absolute atomic E-state index is 15.5. The monoisotopic (exact) mass is 793 g/mol. The van der Waals surface area contributed by atoms with Crippen LogP contribution in [0.2, 0.25) is 0 Å². The molecule has 15 unspecified atom stereocenters. The van der Waals surface area contributed by atoms with Crippen LogP contribution in [0.3, 0.4) is 0 Å². The molecule has 11 rings (SSSR count). The molecule has 3 aliphatic carbocycles. The molecule has 9 nitrogen and oxygen atoms in total. The number of ether oxygens (including phenoxy) is 3. The SMILES string of the molecule is O=S(=O)([O-])c1c(F)c(F)c(OS(=O)(=O)c2c(C3CC4OC3C3CCCC43)cc(C3CC4OC3C3CCCC43)cc2C2CC3OC2C2CCCC32)c(F)c1F. The first-order valence-electron chi connectivity index (χ1n) is 19.7. The zero-order valence-electron chi connectivity index (χ0n) is 29.3. The maximum Gasteiger partial charge on any atom is 0.339 e. The minimum Gasteiger partial charge on any atom is -0.744 e. The summed E-state index contributed by atoms with van der Waals surface area (Å²) in [4.78, 5) is -2.69. The van der Waals surface area contributed by atoms with Gasteiger partial charge in [-0.2, -0.15) is 17.2 Å². The number of fused-ring (bicyclic) bond motifs is 15.